The van der Waals surface area contributed by atoms with Crippen LogP contribution in [0.15, 0.2) is 18.2 Å². The summed E-state index contributed by atoms with van der Waals surface area (Å²) in [6, 6.07) is 6.57. The Hall–Kier alpha value is -1.22. The summed E-state index contributed by atoms with van der Waals surface area (Å²) in [4.78, 5) is 0. The lowest BCUT2D eigenvalue weighted by Gasteiger charge is -2.27. The summed E-state index contributed by atoms with van der Waals surface area (Å²) in [6.07, 6.45) is 6.31. The van der Waals surface area contributed by atoms with Gasteiger partial charge in [0.05, 0.1) is 0 Å². The molecule has 1 heterocycles. The van der Waals surface area contributed by atoms with Crippen LogP contribution in [0.4, 0.5) is 0 Å². The first-order valence-corrected chi connectivity index (χ1v) is 8.35. The molecule has 0 amide bonds. The molecular formula is C18H29NO2. The average molecular weight is 291 g/mol. The highest BCUT2D eigenvalue weighted by atomic mass is 16.6. The summed E-state index contributed by atoms with van der Waals surface area (Å²) in [6.45, 7) is 5.86. The van der Waals surface area contributed by atoms with Crippen molar-refractivity contribution in [3.8, 4) is 11.5 Å². The molecule has 3 nitrogen and oxygen atoms in total. The summed E-state index contributed by atoms with van der Waals surface area (Å²) in [5.41, 5.74) is 1.24. The molecule has 0 bridgehead atoms. The van der Waals surface area contributed by atoms with Gasteiger partial charge < -0.3 is 14.8 Å². The van der Waals surface area contributed by atoms with E-state index in [0.29, 0.717) is 19.3 Å². The summed E-state index contributed by atoms with van der Waals surface area (Å²) in [5.74, 6) is 2.59. The number of unbranched alkanes of at least 4 members (excludes halogenated alkanes) is 1. The largest absolute Gasteiger partial charge is 0.486 e. The Labute approximate surface area is 129 Å². The fourth-order valence-corrected chi connectivity index (χ4v) is 3.09. The highest BCUT2D eigenvalue weighted by molar-refractivity contribution is 5.48. The second-order valence-corrected chi connectivity index (χ2v) is 5.86. The molecule has 2 unspecified atom stereocenters. The van der Waals surface area contributed by atoms with Crippen molar-refractivity contribution in [2.45, 2.75) is 52.0 Å². The number of fused-ring (bicyclic) bond motifs is 1. The van der Waals surface area contributed by atoms with E-state index in [2.05, 4.69) is 31.3 Å². The van der Waals surface area contributed by atoms with Crippen molar-refractivity contribution in [2.24, 2.45) is 5.92 Å². The van der Waals surface area contributed by atoms with E-state index in [1.807, 2.05) is 13.1 Å². The lowest BCUT2D eigenvalue weighted by Crippen LogP contribution is -2.23. The van der Waals surface area contributed by atoms with E-state index in [4.69, 9.17) is 9.47 Å². The van der Waals surface area contributed by atoms with Gasteiger partial charge >= 0.3 is 0 Å². The normalized spacial score (nSPS) is 16.5. The number of hydrogen-bond acceptors (Lipinski definition) is 3. The van der Waals surface area contributed by atoms with Crippen molar-refractivity contribution in [1.29, 1.82) is 0 Å². The van der Waals surface area contributed by atoms with Crippen molar-refractivity contribution in [1.82, 2.24) is 5.32 Å². The lowest BCUT2D eigenvalue weighted by molar-refractivity contribution is 0.168. The molecule has 1 N–H and O–H groups in total. The molecule has 1 aliphatic rings. The Balaban J connectivity index is 2.13. The Kier molecular flexibility index (Phi) is 6.37. The van der Waals surface area contributed by atoms with E-state index in [9.17, 15) is 0 Å². The molecule has 0 spiro atoms. The van der Waals surface area contributed by atoms with Gasteiger partial charge in [0.1, 0.15) is 13.2 Å². The van der Waals surface area contributed by atoms with Crippen LogP contribution in [-0.2, 0) is 0 Å². The Bertz CT molecular complexity index is 433. The Morgan fingerprint density at radius 3 is 2.71 bits per heavy atom. The van der Waals surface area contributed by atoms with Crippen LogP contribution in [-0.4, -0.2) is 20.3 Å². The first kappa shape index (κ1) is 16.2. The van der Waals surface area contributed by atoms with Crippen LogP contribution in [0.3, 0.4) is 0 Å². The number of rotatable bonds is 8. The van der Waals surface area contributed by atoms with Gasteiger partial charge in [0, 0.05) is 11.6 Å². The van der Waals surface area contributed by atoms with Gasteiger partial charge in [-0.2, -0.15) is 0 Å². The summed E-state index contributed by atoms with van der Waals surface area (Å²) in [5, 5.41) is 3.47. The molecule has 21 heavy (non-hydrogen) atoms. The third-order valence-corrected chi connectivity index (χ3v) is 4.43. The third kappa shape index (κ3) is 4.13. The molecule has 118 valence electrons. The van der Waals surface area contributed by atoms with Gasteiger partial charge in [0.2, 0.25) is 0 Å². The standard InChI is InChI=1S/C18H29NO2/c1-4-6-8-14(5-2)13-16(19-3)15-9-7-10-17-18(15)21-12-11-20-17/h7,9-10,14,16,19H,4-6,8,11-13H2,1-3H3. The summed E-state index contributed by atoms with van der Waals surface area (Å²) in [7, 11) is 2.04. The van der Waals surface area contributed by atoms with Gasteiger partial charge in [0.25, 0.3) is 0 Å². The fourth-order valence-electron chi connectivity index (χ4n) is 3.09. The quantitative estimate of drug-likeness (QED) is 0.773. The second kappa shape index (κ2) is 8.28. The van der Waals surface area contributed by atoms with E-state index in [-0.39, 0.29) is 0 Å². The maximum absolute atomic E-state index is 5.87. The minimum Gasteiger partial charge on any atom is -0.486 e. The van der Waals surface area contributed by atoms with E-state index < -0.39 is 0 Å². The SMILES string of the molecule is CCCCC(CC)CC(NC)c1cccc2c1OCCO2. The smallest absolute Gasteiger partial charge is 0.166 e. The van der Waals surface area contributed by atoms with Crippen molar-refractivity contribution < 1.29 is 9.47 Å². The molecule has 0 aromatic heterocycles. The van der Waals surface area contributed by atoms with Crippen LogP contribution in [0.2, 0.25) is 0 Å². The topological polar surface area (TPSA) is 30.5 Å². The number of para-hydroxylation sites is 1. The molecule has 0 fully saturated rings. The molecule has 0 aliphatic carbocycles. The zero-order chi connectivity index (χ0) is 15.1. The van der Waals surface area contributed by atoms with Crippen molar-refractivity contribution >= 4 is 0 Å². The van der Waals surface area contributed by atoms with Crippen LogP contribution in [0, 0.1) is 5.92 Å². The summed E-state index contributed by atoms with van der Waals surface area (Å²) < 4.78 is 11.6. The van der Waals surface area contributed by atoms with Gasteiger partial charge in [-0.3, -0.25) is 0 Å². The first-order chi connectivity index (χ1) is 10.3. The zero-order valence-electron chi connectivity index (χ0n) is 13.7. The van der Waals surface area contributed by atoms with Gasteiger partial charge in [0.15, 0.2) is 11.5 Å². The molecule has 3 heteroatoms. The van der Waals surface area contributed by atoms with Crippen LogP contribution in [0.1, 0.15) is 57.6 Å². The van der Waals surface area contributed by atoms with Crippen LogP contribution >= 0.6 is 0 Å². The maximum Gasteiger partial charge on any atom is 0.166 e. The van der Waals surface area contributed by atoms with Gasteiger partial charge in [-0.1, -0.05) is 51.7 Å². The third-order valence-electron chi connectivity index (χ3n) is 4.43. The number of benzene rings is 1. The van der Waals surface area contributed by atoms with Crippen molar-refractivity contribution in [2.75, 3.05) is 20.3 Å². The number of hydrogen-bond donors (Lipinski definition) is 1. The van der Waals surface area contributed by atoms with Crippen molar-refractivity contribution in [3.05, 3.63) is 23.8 Å². The van der Waals surface area contributed by atoms with E-state index >= 15 is 0 Å². The monoisotopic (exact) mass is 291 g/mol. The van der Waals surface area contributed by atoms with Crippen LogP contribution < -0.4 is 14.8 Å². The van der Waals surface area contributed by atoms with Gasteiger partial charge in [-0.25, -0.2) is 0 Å². The van der Waals surface area contributed by atoms with Crippen molar-refractivity contribution in [3.63, 3.8) is 0 Å². The highest BCUT2D eigenvalue weighted by Crippen LogP contribution is 2.39. The Morgan fingerprint density at radius 2 is 2.00 bits per heavy atom. The van der Waals surface area contributed by atoms with E-state index in [0.717, 1.165) is 23.8 Å². The average Bonchev–Trinajstić information content (AvgIpc) is 2.55. The zero-order valence-corrected chi connectivity index (χ0v) is 13.7. The van der Waals surface area contributed by atoms with Crippen LogP contribution in [0.25, 0.3) is 0 Å². The molecule has 0 saturated carbocycles. The molecule has 1 aromatic rings. The fraction of sp³-hybridized carbons (Fsp3) is 0.667. The molecule has 2 atom stereocenters. The predicted molar refractivity (Wildman–Crippen MR) is 87.2 cm³/mol. The van der Waals surface area contributed by atoms with Gasteiger partial charge in [-0.05, 0) is 25.5 Å². The molecule has 1 aliphatic heterocycles. The van der Waals surface area contributed by atoms with Gasteiger partial charge in [-0.15, -0.1) is 0 Å². The molecule has 1 aromatic carbocycles. The van der Waals surface area contributed by atoms with E-state index in [1.54, 1.807) is 0 Å². The Morgan fingerprint density at radius 1 is 1.19 bits per heavy atom. The number of ether oxygens (including phenoxy) is 2. The summed E-state index contributed by atoms with van der Waals surface area (Å²) >= 11 is 0. The minimum atomic E-state index is 0.337. The maximum atomic E-state index is 5.87. The number of nitrogens with one attached hydrogen (secondary N) is 1. The molecule has 0 saturated heterocycles. The minimum absolute atomic E-state index is 0.337. The molecule has 0 radical (unpaired) electrons. The highest BCUT2D eigenvalue weighted by Gasteiger charge is 2.23. The molecular weight excluding hydrogens is 262 g/mol. The second-order valence-electron chi connectivity index (χ2n) is 5.86. The lowest BCUT2D eigenvalue weighted by atomic mass is 9.89. The van der Waals surface area contributed by atoms with E-state index in [1.165, 1.54) is 31.2 Å². The first-order valence-electron chi connectivity index (χ1n) is 8.35. The molecule has 2 rings (SSSR count). The predicted octanol–water partition coefficient (Wildman–Crippen LogP) is 4.32. The van der Waals surface area contributed by atoms with Crippen LogP contribution in [0.5, 0.6) is 11.5 Å².